The molecule has 2 atom stereocenters. The largest absolute Gasteiger partial charge is 0.472 e. The SMILES string of the molecule is CC(C)CCC(NC(=O)C(C)NC(=O)c1ccoc1)c1ccc(Cl)cc1. The molecule has 0 radical (unpaired) electrons. The second kappa shape index (κ2) is 9.43. The smallest absolute Gasteiger partial charge is 0.255 e. The molecule has 2 aromatic rings. The molecule has 0 bridgehead atoms. The van der Waals surface area contributed by atoms with Crippen LogP contribution in [0, 0.1) is 5.92 Å². The fourth-order valence-corrected chi connectivity index (χ4v) is 2.68. The first-order valence-electron chi connectivity index (χ1n) is 8.75. The van der Waals surface area contributed by atoms with E-state index in [2.05, 4.69) is 24.5 Å². The topological polar surface area (TPSA) is 71.3 Å². The van der Waals surface area contributed by atoms with Gasteiger partial charge < -0.3 is 15.1 Å². The minimum atomic E-state index is -0.661. The molecular weight excluding hydrogens is 352 g/mol. The summed E-state index contributed by atoms with van der Waals surface area (Å²) in [6.45, 7) is 5.96. The van der Waals surface area contributed by atoms with Gasteiger partial charge in [-0.25, -0.2) is 0 Å². The van der Waals surface area contributed by atoms with Crippen LogP contribution in [0.4, 0.5) is 0 Å². The van der Waals surface area contributed by atoms with Gasteiger partial charge in [0, 0.05) is 5.02 Å². The number of carbonyl (C=O) groups is 2. The Bertz CT molecular complexity index is 711. The highest BCUT2D eigenvalue weighted by Crippen LogP contribution is 2.23. The van der Waals surface area contributed by atoms with Crippen LogP contribution in [0.25, 0.3) is 0 Å². The zero-order chi connectivity index (χ0) is 19.1. The summed E-state index contributed by atoms with van der Waals surface area (Å²) in [6, 6.07) is 8.23. The quantitative estimate of drug-likeness (QED) is 0.719. The summed E-state index contributed by atoms with van der Waals surface area (Å²) in [5.41, 5.74) is 1.38. The molecule has 1 aromatic carbocycles. The molecule has 0 spiro atoms. The van der Waals surface area contributed by atoms with Crippen molar-refractivity contribution in [1.29, 1.82) is 0 Å². The molecule has 2 N–H and O–H groups in total. The van der Waals surface area contributed by atoms with E-state index in [0.717, 1.165) is 18.4 Å². The molecule has 0 fully saturated rings. The maximum absolute atomic E-state index is 12.6. The van der Waals surface area contributed by atoms with Gasteiger partial charge in [-0.15, -0.1) is 0 Å². The molecule has 0 aliphatic rings. The van der Waals surface area contributed by atoms with Gasteiger partial charge in [0.05, 0.1) is 17.9 Å². The molecule has 0 aliphatic heterocycles. The number of hydrogen-bond acceptors (Lipinski definition) is 3. The summed E-state index contributed by atoms with van der Waals surface area (Å²) < 4.78 is 4.89. The molecule has 5 nitrogen and oxygen atoms in total. The van der Waals surface area contributed by atoms with E-state index in [0.29, 0.717) is 16.5 Å². The molecule has 0 aliphatic carbocycles. The third kappa shape index (κ3) is 5.92. The summed E-state index contributed by atoms with van der Waals surface area (Å²) in [5.74, 6) is -0.0444. The van der Waals surface area contributed by atoms with Gasteiger partial charge in [-0.2, -0.15) is 0 Å². The van der Waals surface area contributed by atoms with Crippen LogP contribution in [0.5, 0.6) is 0 Å². The lowest BCUT2D eigenvalue weighted by molar-refractivity contribution is -0.123. The monoisotopic (exact) mass is 376 g/mol. The van der Waals surface area contributed by atoms with E-state index in [-0.39, 0.29) is 17.9 Å². The molecule has 2 unspecified atom stereocenters. The molecule has 1 heterocycles. The van der Waals surface area contributed by atoms with E-state index < -0.39 is 6.04 Å². The normalized spacial score (nSPS) is 13.3. The molecular formula is C20H25ClN2O3. The molecule has 2 rings (SSSR count). The van der Waals surface area contributed by atoms with Gasteiger partial charge in [-0.3, -0.25) is 9.59 Å². The van der Waals surface area contributed by atoms with Crippen LogP contribution in [0.3, 0.4) is 0 Å². The minimum Gasteiger partial charge on any atom is -0.472 e. The first-order chi connectivity index (χ1) is 12.4. The summed E-state index contributed by atoms with van der Waals surface area (Å²) in [6.07, 6.45) is 4.55. The molecule has 0 saturated heterocycles. The Kier molecular flexibility index (Phi) is 7.27. The fourth-order valence-electron chi connectivity index (χ4n) is 2.55. The Balaban J connectivity index is 2.02. The maximum Gasteiger partial charge on any atom is 0.255 e. The number of benzene rings is 1. The summed E-state index contributed by atoms with van der Waals surface area (Å²) in [4.78, 5) is 24.6. The number of halogens is 1. The van der Waals surface area contributed by atoms with E-state index in [1.54, 1.807) is 13.0 Å². The number of amides is 2. The second-order valence-corrected chi connectivity index (χ2v) is 7.23. The second-order valence-electron chi connectivity index (χ2n) is 6.79. The van der Waals surface area contributed by atoms with Crippen molar-refractivity contribution in [3.05, 3.63) is 59.0 Å². The first kappa shape index (κ1) is 20.0. The third-order valence-corrected chi connectivity index (χ3v) is 4.40. The zero-order valence-electron chi connectivity index (χ0n) is 15.3. The van der Waals surface area contributed by atoms with Crippen molar-refractivity contribution >= 4 is 23.4 Å². The number of rotatable bonds is 8. The molecule has 2 amide bonds. The van der Waals surface area contributed by atoms with E-state index in [1.165, 1.54) is 12.5 Å². The summed E-state index contributed by atoms with van der Waals surface area (Å²) in [5, 5.41) is 6.38. The van der Waals surface area contributed by atoms with Gasteiger partial charge in [-0.05, 0) is 49.4 Å². The number of hydrogen-bond donors (Lipinski definition) is 2. The lowest BCUT2D eigenvalue weighted by Crippen LogP contribution is -2.45. The molecule has 26 heavy (non-hydrogen) atoms. The Hall–Kier alpha value is -2.27. The van der Waals surface area contributed by atoms with Gasteiger partial charge in [0.1, 0.15) is 12.3 Å². The predicted molar refractivity (Wildman–Crippen MR) is 102 cm³/mol. The lowest BCUT2D eigenvalue weighted by atomic mass is 9.97. The van der Waals surface area contributed by atoms with Crippen LogP contribution in [0.2, 0.25) is 5.02 Å². The van der Waals surface area contributed by atoms with Crippen molar-refractivity contribution in [2.45, 2.75) is 45.7 Å². The van der Waals surface area contributed by atoms with E-state index in [1.807, 2.05) is 24.3 Å². The van der Waals surface area contributed by atoms with Gasteiger partial charge in [-0.1, -0.05) is 37.6 Å². The van der Waals surface area contributed by atoms with Crippen molar-refractivity contribution in [2.24, 2.45) is 5.92 Å². The average molecular weight is 377 g/mol. The van der Waals surface area contributed by atoms with Gasteiger partial charge in [0.15, 0.2) is 0 Å². The predicted octanol–water partition coefficient (Wildman–Crippen LogP) is 4.35. The lowest BCUT2D eigenvalue weighted by Gasteiger charge is -2.23. The highest BCUT2D eigenvalue weighted by molar-refractivity contribution is 6.30. The first-order valence-corrected chi connectivity index (χ1v) is 9.13. The van der Waals surface area contributed by atoms with Gasteiger partial charge in [0.2, 0.25) is 5.91 Å². The molecule has 0 saturated carbocycles. The molecule has 1 aromatic heterocycles. The van der Waals surface area contributed by atoms with Crippen LogP contribution >= 0.6 is 11.6 Å². The van der Waals surface area contributed by atoms with Crippen molar-refractivity contribution in [3.63, 3.8) is 0 Å². The van der Waals surface area contributed by atoms with Crippen LogP contribution in [-0.2, 0) is 4.79 Å². The number of carbonyl (C=O) groups excluding carboxylic acids is 2. The van der Waals surface area contributed by atoms with E-state index in [4.69, 9.17) is 16.0 Å². The Morgan fingerprint density at radius 3 is 2.31 bits per heavy atom. The highest BCUT2D eigenvalue weighted by atomic mass is 35.5. The van der Waals surface area contributed by atoms with Crippen molar-refractivity contribution < 1.29 is 14.0 Å². The van der Waals surface area contributed by atoms with Crippen LogP contribution in [0.15, 0.2) is 47.3 Å². The van der Waals surface area contributed by atoms with Crippen molar-refractivity contribution in [1.82, 2.24) is 10.6 Å². The third-order valence-electron chi connectivity index (χ3n) is 4.15. The van der Waals surface area contributed by atoms with Crippen molar-refractivity contribution in [2.75, 3.05) is 0 Å². The summed E-state index contributed by atoms with van der Waals surface area (Å²) in [7, 11) is 0. The maximum atomic E-state index is 12.6. The van der Waals surface area contributed by atoms with Crippen LogP contribution < -0.4 is 10.6 Å². The summed E-state index contributed by atoms with van der Waals surface area (Å²) >= 11 is 5.96. The van der Waals surface area contributed by atoms with Gasteiger partial charge >= 0.3 is 0 Å². The standard InChI is InChI=1S/C20H25ClN2O3/c1-13(2)4-9-18(15-5-7-17(21)8-6-15)23-19(24)14(3)22-20(25)16-10-11-26-12-16/h5-8,10-14,18H,4,9H2,1-3H3,(H,22,25)(H,23,24). The number of furan rings is 1. The highest BCUT2D eigenvalue weighted by Gasteiger charge is 2.21. The fraction of sp³-hybridized carbons (Fsp3) is 0.400. The van der Waals surface area contributed by atoms with E-state index in [9.17, 15) is 9.59 Å². The van der Waals surface area contributed by atoms with Crippen molar-refractivity contribution in [3.8, 4) is 0 Å². The molecule has 6 heteroatoms. The van der Waals surface area contributed by atoms with E-state index >= 15 is 0 Å². The Morgan fingerprint density at radius 1 is 1.04 bits per heavy atom. The van der Waals surface area contributed by atoms with Crippen LogP contribution in [0.1, 0.15) is 55.6 Å². The number of nitrogens with one attached hydrogen (secondary N) is 2. The Labute approximate surface area is 159 Å². The molecule has 140 valence electrons. The Morgan fingerprint density at radius 2 is 1.73 bits per heavy atom. The van der Waals surface area contributed by atoms with Gasteiger partial charge in [0.25, 0.3) is 5.91 Å². The zero-order valence-corrected chi connectivity index (χ0v) is 16.0. The van der Waals surface area contributed by atoms with Crippen LogP contribution in [-0.4, -0.2) is 17.9 Å². The average Bonchev–Trinajstić information content (AvgIpc) is 3.13. The minimum absolute atomic E-state index is 0.129.